The zero-order chi connectivity index (χ0) is 38.5. The molecule has 0 radical (unpaired) electrons. The average molecular weight is 776 g/mol. The number of rotatable bonds is 10. The lowest BCUT2D eigenvalue weighted by Gasteiger charge is -2.72. The summed E-state index contributed by atoms with van der Waals surface area (Å²) < 4.78 is 25.9. The van der Waals surface area contributed by atoms with Crippen molar-refractivity contribution in [3.8, 4) is 0 Å². The molecule has 0 unspecified atom stereocenters. The molecule has 14 heteroatoms. The molecule has 4 bridgehead atoms. The number of carbonyl (C=O) groups excluding carboxylic acids is 4. The molecular weight excluding hydrogens is 737 g/mol. The van der Waals surface area contributed by atoms with Crippen molar-refractivity contribution in [2.24, 2.45) is 22.7 Å². The van der Waals surface area contributed by atoms with E-state index in [1.165, 1.54) is 24.3 Å². The van der Waals surface area contributed by atoms with Crippen LogP contribution < -0.4 is 21.3 Å². The molecule has 54 heavy (non-hydrogen) atoms. The number of carbonyl (C=O) groups is 4. The van der Waals surface area contributed by atoms with Gasteiger partial charge in [0.2, 0.25) is 11.8 Å². The van der Waals surface area contributed by atoms with Gasteiger partial charge in [-0.2, -0.15) is 0 Å². The molecule has 10 nitrogen and oxygen atoms in total. The molecule has 2 heterocycles. The maximum Gasteiger partial charge on any atom is 0.270 e. The summed E-state index contributed by atoms with van der Waals surface area (Å²) in [6, 6.07) is 21.3. The van der Waals surface area contributed by atoms with Crippen molar-refractivity contribution in [2.75, 3.05) is 10.6 Å². The predicted octanol–water partition coefficient (Wildman–Crippen LogP) is 7.60. The molecule has 0 aliphatic heterocycles. The van der Waals surface area contributed by atoms with E-state index in [2.05, 4.69) is 31.2 Å². The second-order valence-electron chi connectivity index (χ2n) is 15.4. The first-order valence-corrected chi connectivity index (χ1v) is 18.4. The maximum atomic E-state index is 13.0. The van der Waals surface area contributed by atoms with Gasteiger partial charge in [-0.15, -0.1) is 0 Å². The van der Waals surface area contributed by atoms with E-state index < -0.39 is 0 Å². The number of nitrogens with zero attached hydrogens (tertiary/aromatic N) is 2. The van der Waals surface area contributed by atoms with Crippen LogP contribution in [0.4, 0.5) is 20.2 Å². The van der Waals surface area contributed by atoms with Crippen molar-refractivity contribution in [3.63, 3.8) is 0 Å². The van der Waals surface area contributed by atoms with Gasteiger partial charge in [0.05, 0.1) is 0 Å². The highest BCUT2D eigenvalue weighted by Crippen LogP contribution is 2.71. The Labute approximate surface area is 320 Å². The van der Waals surface area contributed by atoms with Crippen molar-refractivity contribution in [2.45, 2.75) is 63.5 Å². The van der Waals surface area contributed by atoms with Gasteiger partial charge in [0.1, 0.15) is 33.3 Å². The van der Waals surface area contributed by atoms with Gasteiger partial charge in [-0.1, -0.05) is 49.2 Å². The zero-order valence-corrected chi connectivity index (χ0v) is 31.0. The summed E-state index contributed by atoms with van der Waals surface area (Å²) in [6.07, 6.45) is 4.61. The Morgan fingerprint density at radius 3 is 1.22 bits per heavy atom. The van der Waals surface area contributed by atoms with E-state index in [4.69, 9.17) is 23.2 Å². The smallest absolute Gasteiger partial charge is 0.270 e. The van der Waals surface area contributed by atoms with Gasteiger partial charge in [-0.3, -0.25) is 19.2 Å². The van der Waals surface area contributed by atoms with Crippen molar-refractivity contribution in [1.82, 2.24) is 20.6 Å². The second-order valence-corrected chi connectivity index (χ2v) is 16.2. The third-order valence-electron chi connectivity index (χ3n) is 11.6. The van der Waals surface area contributed by atoms with E-state index in [1.807, 2.05) is 13.8 Å². The molecule has 6 fully saturated rings. The summed E-state index contributed by atoms with van der Waals surface area (Å²) in [5.74, 6) is -1.71. The summed E-state index contributed by atoms with van der Waals surface area (Å²) in [5.41, 5.74) is 1.09. The fraction of sp³-hybridized carbons (Fsp3) is 0.350. The van der Waals surface area contributed by atoms with Crippen molar-refractivity contribution < 1.29 is 28.0 Å². The number of nitrogens with one attached hydrogen (secondary N) is 4. The molecule has 280 valence electrons. The van der Waals surface area contributed by atoms with Crippen LogP contribution in [0.3, 0.4) is 0 Å². The fourth-order valence-corrected chi connectivity index (χ4v) is 9.05. The quantitative estimate of drug-likeness (QED) is 0.122. The molecule has 4 N–H and O–H groups in total. The third-order valence-corrected chi connectivity index (χ3v) is 12.1. The molecule has 0 spiro atoms. The monoisotopic (exact) mass is 774 g/mol. The number of anilines is 2. The van der Waals surface area contributed by atoms with E-state index in [0.717, 1.165) is 38.5 Å². The van der Waals surface area contributed by atoms with Gasteiger partial charge in [0, 0.05) is 34.3 Å². The highest BCUT2D eigenvalue weighted by Gasteiger charge is 2.72. The summed E-state index contributed by atoms with van der Waals surface area (Å²) in [4.78, 5) is 57.8. The minimum Gasteiger partial charge on any atom is -0.345 e. The number of aromatic nitrogens is 2. The van der Waals surface area contributed by atoms with Gasteiger partial charge in [0.15, 0.2) is 0 Å². The van der Waals surface area contributed by atoms with E-state index >= 15 is 0 Å². The van der Waals surface area contributed by atoms with Gasteiger partial charge < -0.3 is 21.3 Å². The number of halogens is 4. The Balaban J connectivity index is 0.000000167. The highest BCUT2D eigenvalue weighted by molar-refractivity contribution is 6.29. The van der Waals surface area contributed by atoms with Gasteiger partial charge in [-0.05, 0) is 122 Å². The SMILES string of the molecule is C[C@@H](C(=O)Nc1ccc(F)cc1)C12CC(NC(=O)c3cccc(Cl)n3)(C1)C2.C[C@H](C(=O)Nc1ccc(F)cc1)C12CC(NC(=O)c3cccc(Cl)n3)(C1)C2. The Kier molecular flexibility index (Phi) is 9.72. The summed E-state index contributed by atoms with van der Waals surface area (Å²) in [5, 5.41) is 12.3. The number of pyridine rings is 2. The van der Waals surface area contributed by atoms with Crippen LogP contribution in [0.2, 0.25) is 10.3 Å². The maximum absolute atomic E-state index is 13.0. The minimum absolute atomic E-state index is 0.0842. The average Bonchev–Trinajstić information content (AvgIpc) is 3.08. The molecule has 6 aliphatic rings. The first-order chi connectivity index (χ1) is 25.6. The van der Waals surface area contributed by atoms with Crippen LogP contribution in [0.1, 0.15) is 73.3 Å². The van der Waals surface area contributed by atoms with E-state index in [1.54, 1.807) is 60.7 Å². The first kappa shape index (κ1) is 37.4. The van der Waals surface area contributed by atoms with Crippen LogP contribution in [0.25, 0.3) is 0 Å². The number of hydrogen-bond donors (Lipinski definition) is 4. The molecule has 2 atom stereocenters. The lowest BCUT2D eigenvalue weighted by Crippen LogP contribution is -2.77. The van der Waals surface area contributed by atoms with Gasteiger partial charge >= 0.3 is 0 Å². The molecule has 6 aliphatic carbocycles. The number of hydrogen-bond acceptors (Lipinski definition) is 6. The largest absolute Gasteiger partial charge is 0.345 e. The van der Waals surface area contributed by atoms with Crippen molar-refractivity contribution in [1.29, 1.82) is 0 Å². The highest BCUT2D eigenvalue weighted by atomic mass is 35.5. The van der Waals surface area contributed by atoms with E-state index in [9.17, 15) is 28.0 Å². The van der Waals surface area contributed by atoms with Crippen LogP contribution in [0.5, 0.6) is 0 Å². The van der Waals surface area contributed by atoms with Crippen LogP contribution in [0.15, 0.2) is 84.9 Å². The fourth-order valence-electron chi connectivity index (χ4n) is 8.72. The van der Waals surface area contributed by atoms with E-state index in [0.29, 0.717) is 22.8 Å². The summed E-state index contributed by atoms with van der Waals surface area (Å²) in [6.45, 7) is 3.81. The zero-order valence-electron chi connectivity index (χ0n) is 29.5. The lowest BCUT2D eigenvalue weighted by molar-refractivity contribution is -0.184. The number of amides is 4. The molecule has 4 amide bonds. The Morgan fingerprint density at radius 2 is 0.907 bits per heavy atom. The predicted molar refractivity (Wildman–Crippen MR) is 200 cm³/mol. The van der Waals surface area contributed by atoms with Gasteiger partial charge in [0.25, 0.3) is 11.8 Å². The summed E-state index contributed by atoms with van der Waals surface area (Å²) in [7, 11) is 0. The molecular formula is C40H38Cl2F2N6O4. The van der Waals surface area contributed by atoms with Gasteiger partial charge in [-0.25, -0.2) is 18.7 Å². The summed E-state index contributed by atoms with van der Waals surface area (Å²) >= 11 is 11.7. The van der Waals surface area contributed by atoms with Crippen molar-refractivity contribution >= 4 is 58.2 Å². The van der Waals surface area contributed by atoms with Crippen LogP contribution >= 0.6 is 23.2 Å². The van der Waals surface area contributed by atoms with Crippen molar-refractivity contribution in [3.05, 3.63) is 118 Å². The van der Waals surface area contributed by atoms with Crippen LogP contribution in [-0.2, 0) is 9.59 Å². The molecule has 0 saturated heterocycles. The Hall–Kier alpha value is -4.94. The van der Waals surface area contributed by atoms with Crippen LogP contribution in [-0.4, -0.2) is 44.7 Å². The molecule has 6 saturated carbocycles. The molecule has 2 aromatic carbocycles. The molecule has 10 rings (SSSR count). The molecule has 4 aromatic rings. The van der Waals surface area contributed by atoms with E-state index in [-0.39, 0.29) is 79.3 Å². The topological polar surface area (TPSA) is 142 Å². The first-order valence-electron chi connectivity index (χ1n) is 17.6. The Bertz CT molecular complexity index is 1940. The second kappa shape index (κ2) is 14.0. The lowest BCUT2D eigenvalue weighted by atomic mass is 9.36. The third kappa shape index (κ3) is 7.29. The molecule has 2 aromatic heterocycles. The minimum atomic E-state index is -0.340. The standard InChI is InChI=1S/2C20H19ClFN3O2/c2*1-12(17(26)23-14-7-5-13(22)6-8-14)19-9-20(10-19,11-19)25-18(27)15-3-2-4-16(21)24-15/h2*2-8,12H,9-11H2,1H3,(H,23,26)(H,25,27)/t2*12-,19?,20?/m10/s1. The normalized spacial score (nSPS) is 26.3. The number of benzene rings is 2. The van der Waals surface area contributed by atoms with Crippen LogP contribution in [0, 0.1) is 34.3 Å². The Morgan fingerprint density at radius 1 is 0.574 bits per heavy atom.